The van der Waals surface area contributed by atoms with Crippen LogP contribution >= 0.6 is 0 Å². The molecule has 2 aliphatic rings. The lowest BCUT2D eigenvalue weighted by Crippen LogP contribution is -2.50. The highest BCUT2D eigenvalue weighted by Gasteiger charge is 2.28. The number of rotatable bonds is 3. The maximum atomic E-state index is 4.38. The van der Waals surface area contributed by atoms with Gasteiger partial charge >= 0.3 is 0 Å². The number of likely N-dealkylation sites (tertiary alicyclic amines) is 2. The number of pyridine rings is 1. The molecule has 2 aromatic heterocycles. The summed E-state index contributed by atoms with van der Waals surface area (Å²) in [5, 5.41) is 0. The van der Waals surface area contributed by atoms with Gasteiger partial charge < -0.3 is 14.2 Å². The van der Waals surface area contributed by atoms with E-state index in [2.05, 4.69) is 51.6 Å². The first-order chi connectivity index (χ1) is 10.7. The second kappa shape index (κ2) is 5.67. The third-order valence-electron chi connectivity index (χ3n) is 5.46. The zero-order valence-corrected chi connectivity index (χ0v) is 13.7. The minimum atomic E-state index is 0.715. The molecule has 4 heteroatoms. The molecule has 0 unspecified atom stereocenters. The van der Waals surface area contributed by atoms with Crippen molar-refractivity contribution in [3.8, 4) is 0 Å². The highest BCUT2D eigenvalue weighted by Crippen LogP contribution is 2.31. The van der Waals surface area contributed by atoms with Crippen LogP contribution in [0.4, 0.5) is 0 Å². The van der Waals surface area contributed by atoms with Crippen LogP contribution in [0.25, 0.3) is 5.65 Å². The Balaban J connectivity index is 1.40. The van der Waals surface area contributed by atoms with E-state index in [1.165, 1.54) is 56.7 Å². The molecule has 0 aliphatic carbocycles. The molecule has 0 aromatic carbocycles. The third-order valence-corrected chi connectivity index (χ3v) is 5.46. The monoisotopic (exact) mass is 298 g/mol. The van der Waals surface area contributed by atoms with E-state index in [1.807, 2.05) is 6.20 Å². The first-order valence-corrected chi connectivity index (χ1v) is 8.53. The number of fused-ring (bicyclic) bond motifs is 1. The average Bonchev–Trinajstić information content (AvgIpc) is 2.93. The Bertz CT molecular complexity index is 648. The molecular weight excluding hydrogens is 272 g/mol. The summed E-state index contributed by atoms with van der Waals surface area (Å²) in [6.07, 6.45) is 8.84. The number of piperidine rings is 1. The van der Waals surface area contributed by atoms with E-state index in [0.29, 0.717) is 5.92 Å². The molecule has 4 heterocycles. The molecule has 4 nitrogen and oxygen atoms in total. The zero-order valence-electron chi connectivity index (χ0n) is 13.7. The quantitative estimate of drug-likeness (QED) is 0.869. The van der Waals surface area contributed by atoms with Gasteiger partial charge in [-0.15, -0.1) is 0 Å². The van der Waals surface area contributed by atoms with E-state index in [9.17, 15) is 0 Å². The highest BCUT2D eigenvalue weighted by molar-refractivity contribution is 5.45. The first-order valence-electron chi connectivity index (χ1n) is 8.53. The summed E-state index contributed by atoms with van der Waals surface area (Å²) in [7, 11) is 2.22. The fourth-order valence-electron chi connectivity index (χ4n) is 4.24. The SMILES string of the molecule is Cc1cc2nccn2cc1C1CCN(CC2CN(C)C2)CC1. The summed E-state index contributed by atoms with van der Waals surface area (Å²) < 4.78 is 2.17. The van der Waals surface area contributed by atoms with Crippen LogP contribution < -0.4 is 0 Å². The molecular formula is C18H26N4. The van der Waals surface area contributed by atoms with Gasteiger partial charge in [0.05, 0.1) is 0 Å². The average molecular weight is 298 g/mol. The number of aryl methyl sites for hydroxylation is 1. The van der Waals surface area contributed by atoms with E-state index in [1.54, 1.807) is 0 Å². The summed E-state index contributed by atoms with van der Waals surface area (Å²) in [6.45, 7) is 8.63. The molecule has 2 aliphatic heterocycles. The molecule has 2 fully saturated rings. The zero-order chi connectivity index (χ0) is 15.1. The van der Waals surface area contributed by atoms with Crippen molar-refractivity contribution in [2.75, 3.05) is 39.8 Å². The smallest absolute Gasteiger partial charge is 0.136 e. The normalized spacial score (nSPS) is 22.3. The van der Waals surface area contributed by atoms with Crippen molar-refractivity contribution in [3.63, 3.8) is 0 Å². The molecule has 2 aromatic rings. The Hall–Kier alpha value is -1.39. The van der Waals surface area contributed by atoms with E-state index in [4.69, 9.17) is 0 Å². The summed E-state index contributed by atoms with van der Waals surface area (Å²) in [4.78, 5) is 9.48. The van der Waals surface area contributed by atoms with E-state index < -0.39 is 0 Å². The maximum Gasteiger partial charge on any atom is 0.136 e. The highest BCUT2D eigenvalue weighted by atomic mass is 15.2. The van der Waals surface area contributed by atoms with Crippen molar-refractivity contribution in [2.24, 2.45) is 5.92 Å². The molecule has 0 saturated carbocycles. The Kier molecular flexibility index (Phi) is 3.66. The van der Waals surface area contributed by atoms with Gasteiger partial charge in [0.15, 0.2) is 0 Å². The van der Waals surface area contributed by atoms with Gasteiger partial charge in [0.2, 0.25) is 0 Å². The van der Waals surface area contributed by atoms with Gasteiger partial charge in [-0.1, -0.05) is 0 Å². The lowest BCUT2D eigenvalue weighted by molar-refractivity contribution is 0.0797. The molecule has 2 saturated heterocycles. The Morgan fingerprint density at radius 2 is 2.00 bits per heavy atom. The van der Waals surface area contributed by atoms with Crippen LogP contribution in [-0.2, 0) is 0 Å². The summed E-state index contributed by atoms with van der Waals surface area (Å²) in [5.41, 5.74) is 3.99. The van der Waals surface area contributed by atoms with Gasteiger partial charge in [0.1, 0.15) is 5.65 Å². The standard InChI is InChI=1S/C18H26N4/c1-14-9-18-19-5-8-22(18)13-17(14)16-3-6-21(7-4-16)12-15-10-20(2)11-15/h5,8-9,13,15-16H,3-4,6-7,10-12H2,1-2H3. The second-order valence-corrected chi connectivity index (χ2v) is 7.27. The van der Waals surface area contributed by atoms with Crippen molar-refractivity contribution < 1.29 is 0 Å². The summed E-state index contributed by atoms with van der Waals surface area (Å²) in [6, 6.07) is 2.23. The van der Waals surface area contributed by atoms with Crippen molar-refractivity contribution in [2.45, 2.75) is 25.7 Å². The second-order valence-electron chi connectivity index (χ2n) is 7.27. The number of hydrogen-bond donors (Lipinski definition) is 0. The van der Waals surface area contributed by atoms with Gasteiger partial charge in [-0.3, -0.25) is 0 Å². The number of aromatic nitrogens is 2. The number of imidazole rings is 1. The molecule has 22 heavy (non-hydrogen) atoms. The summed E-state index contributed by atoms with van der Waals surface area (Å²) >= 11 is 0. The van der Waals surface area contributed by atoms with Crippen molar-refractivity contribution in [1.82, 2.24) is 19.2 Å². The Morgan fingerprint density at radius 1 is 1.23 bits per heavy atom. The van der Waals surface area contributed by atoms with Crippen molar-refractivity contribution in [3.05, 3.63) is 35.8 Å². The lowest BCUT2D eigenvalue weighted by atomic mass is 9.87. The molecule has 0 radical (unpaired) electrons. The number of nitrogens with zero attached hydrogens (tertiary/aromatic N) is 4. The van der Waals surface area contributed by atoms with Crippen LogP contribution in [0.2, 0.25) is 0 Å². The molecule has 0 N–H and O–H groups in total. The minimum absolute atomic E-state index is 0.715. The fraction of sp³-hybridized carbons (Fsp3) is 0.611. The minimum Gasteiger partial charge on any atom is -0.307 e. The van der Waals surface area contributed by atoms with E-state index in [0.717, 1.165) is 11.6 Å². The number of hydrogen-bond acceptors (Lipinski definition) is 3. The third kappa shape index (κ3) is 2.66. The van der Waals surface area contributed by atoms with Crippen LogP contribution in [0.1, 0.15) is 29.9 Å². The molecule has 0 spiro atoms. The van der Waals surface area contributed by atoms with Gasteiger partial charge in [0.25, 0.3) is 0 Å². The van der Waals surface area contributed by atoms with Crippen molar-refractivity contribution in [1.29, 1.82) is 0 Å². The van der Waals surface area contributed by atoms with Gasteiger partial charge in [-0.2, -0.15) is 0 Å². The summed E-state index contributed by atoms with van der Waals surface area (Å²) in [5.74, 6) is 1.62. The van der Waals surface area contributed by atoms with Crippen LogP contribution in [-0.4, -0.2) is 59.0 Å². The van der Waals surface area contributed by atoms with Crippen molar-refractivity contribution >= 4 is 5.65 Å². The van der Waals surface area contributed by atoms with Gasteiger partial charge in [-0.05, 0) is 68.9 Å². The first kappa shape index (κ1) is 14.2. The predicted molar refractivity (Wildman–Crippen MR) is 89.3 cm³/mol. The fourth-order valence-corrected chi connectivity index (χ4v) is 4.24. The van der Waals surface area contributed by atoms with Crippen LogP contribution in [0.15, 0.2) is 24.7 Å². The largest absolute Gasteiger partial charge is 0.307 e. The molecule has 0 bridgehead atoms. The lowest BCUT2D eigenvalue weighted by Gasteiger charge is -2.41. The predicted octanol–water partition coefficient (Wildman–Crippen LogP) is 2.38. The van der Waals surface area contributed by atoms with E-state index in [-0.39, 0.29) is 0 Å². The molecule has 118 valence electrons. The maximum absolute atomic E-state index is 4.38. The molecule has 0 atom stereocenters. The molecule has 0 amide bonds. The molecule has 4 rings (SSSR count). The van der Waals surface area contributed by atoms with Gasteiger partial charge in [-0.25, -0.2) is 4.98 Å². The van der Waals surface area contributed by atoms with Gasteiger partial charge in [0, 0.05) is 38.2 Å². The van der Waals surface area contributed by atoms with Crippen LogP contribution in [0.5, 0.6) is 0 Å². The van der Waals surface area contributed by atoms with Crippen LogP contribution in [0.3, 0.4) is 0 Å². The van der Waals surface area contributed by atoms with Crippen LogP contribution in [0, 0.1) is 12.8 Å². The van der Waals surface area contributed by atoms with E-state index >= 15 is 0 Å². The topological polar surface area (TPSA) is 23.8 Å². The Labute approximate surface area is 132 Å². The Morgan fingerprint density at radius 3 is 2.73 bits per heavy atom.